The summed E-state index contributed by atoms with van der Waals surface area (Å²) in [5.74, 6) is 0.837. The molecule has 1 aromatic heterocycles. The molecule has 13 heteroatoms. The van der Waals surface area contributed by atoms with Gasteiger partial charge in [0.2, 0.25) is 15.7 Å². The van der Waals surface area contributed by atoms with E-state index in [4.69, 9.17) is 25.0 Å². The SMILES string of the molecule is CCOCC1=Nc2c(N)nc3ccccc3c2[N+]1(CC(C)(C)NS(C)(=O)=O)OCCCCCCOC(=O)NC(C)(C)C. The van der Waals surface area contributed by atoms with Crippen LogP contribution in [0.5, 0.6) is 0 Å². The van der Waals surface area contributed by atoms with Crippen molar-refractivity contribution in [2.24, 2.45) is 4.99 Å². The topological polar surface area (TPSA) is 154 Å². The van der Waals surface area contributed by atoms with Crippen LogP contribution in [0.3, 0.4) is 0 Å². The van der Waals surface area contributed by atoms with Crippen LogP contribution in [0.1, 0.15) is 67.2 Å². The number of alkyl carbamates (subject to hydrolysis) is 1. The summed E-state index contributed by atoms with van der Waals surface area (Å²) in [4.78, 5) is 28.1. The van der Waals surface area contributed by atoms with Crippen LogP contribution < -0.4 is 20.4 Å². The molecule has 0 spiro atoms. The molecule has 1 unspecified atom stereocenters. The first-order valence-electron chi connectivity index (χ1n) is 14.4. The molecule has 2 heterocycles. The summed E-state index contributed by atoms with van der Waals surface area (Å²) in [5, 5.41) is 3.60. The molecular formula is C29H47N6O6S+. The number of sulfonamides is 1. The summed E-state index contributed by atoms with van der Waals surface area (Å²) in [6.07, 6.45) is 3.88. The molecule has 0 radical (unpaired) electrons. The second kappa shape index (κ2) is 13.6. The number of hydroxylamine groups is 2. The van der Waals surface area contributed by atoms with Crippen LogP contribution in [-0.2, 0) is 24.3 Å². The quantitative estimate of drug-likeness (QED) is 0.197. The number of nitrogens with two attached hydrogens (primary N) is 1. The Kier molecular flexibility index (Phi) is 10.9. The molecule has 0 fully saturated rings. The fourth-order valence-corrected chi connectivity index (χ4v) is 6.15. The minimum absolute atomic E-state index is 0.169. The first kappa shape index (κ1) is 33.7. The molecule has 2 aromatic rings. The van der Waals surface area contributed by atoms with Gasteiger partial charge >= 0.3 is 6.09 Å². The van der Waals surface area contributed by atoms with E-state index in [-0.39, 0.29) is 29.2 Å². The fraction of sp³-hybridized carbons (Fsp3) is 0.621. The second-order valence-electron chi connectivity index (χ2n) is 12.3. The number of fused-ring (bicyclic) bond motifs is 3. The van der Waals surface area contributed by atoms with Crippen molar-refractivity contribution in [2.75, 3.05) is 45.0 Å². The number of aromatic nitrogens is 1. The maximum atomic E-state index is 12.3. The number of carbonyl (C=O) groups excluding carboxylic acids is 1. The highest BCUT2D eigenvalue weighted by atomic mass is 32.2. The van der Waals surface area contributed by atoms with Crippen LogP contribution in [0.15, 0.2) is 29.3 Å². The van der Waals surface area contributed by atoms with E-state index in [0.29, 0.717) is 36.9 Å². The van der Waals surface area contributed by atoms with Crippen LogP contribution in [-0.4, -0.2) is 75.6 Å². The highest BCUT2D eigenvalue weighted by molar-refractivity contribution is 7.88. The van der Waals surface area contributed by atoms with E-state index >= 15 is 0 Å². The zero-order chi connectivity index (χ0) is 31.2. The number of aliphatic imine (C=N–C) groups is 1. The average molecular weight is 608 g/mol. The lowest BCUT2D eigenvalue weighted by Gasteiger charge is -2.38. The maximum Gasteiger partial charge on any atom is 0.407 e. The van der Waals surface area contributed by atoms with Crippen molar-refractivity contribution < 1.29 is 27.5 Å². The number of unbranched alkanes of at least 4 members (excludes halogenated alkanes) is 3. The third-order valence-corrected chi connectivity index (χ3v) is 7.38. The maximum absolute atomic E-state index is 12.3. The molecule has 4 N–H and O–H groups in total. The van der Waals surface area contributed by atoms with Crippen molar-refractivity contribution in [3.05, 3.63) is 24.3 Å². The lowest BCUT2D eigenvalue weighted by molar-refractivity contribution is -0.102. The Labute approximate surface area is 249 Å². The van der Waals surface area contributed by atoms with Gasteiger partial charge in [0.05, 0.1) is 29.3 Å². The Morgan fingerprint density at radius 1 is 1.05 bits per heavy atom. The summed E-state index contributed by atoms with van der Waals surface area (Å²) >= 11 is 0. The largest absolute Gasteiger partial charge is 0.450 e. The predicted octanol–water partition coefficient (Wildman–Crippen LogP) is 4.55. The molecule has 42 heavy (non-hydrogen) atoms. The molecule has 1 aliphatic heterocycles. The van der Waals surface area contributed by atoms with Crippen molar-refractivity contribution in [3.8, 4) is 0 Å². The van der Waals surface area contributed by atoms with Crippen molar-refractivity contribution >= 4 is 50.0 Å². The van der Waals surface area contributed by atoms with Crippen molar-refractivity contribution in [1.82, 2.24) is 19.7 Å². The summed E-state index contributed by atoms with van der Waals surface area (Å²) < 4.78 is 38.3. The number of amides is 1. The van der Waals surface area contributed by atoms with Gasteiger partial charge in [-0.15, -0.1) is 0 Å². The number of nitrogen functional groups attached to an aromatic ring is 1. The highest BCUT2D eigenvalue weighted by Crippen LogP contribution is 2.49. The fourth-order valence-electron chi connectivity index (χ4n) is 5.08. The van der Waals surface area contributed by atoms with Crippen LogP contribution in [0.25, 0.3) is 10.9 Å². The monoisotopic (exact) mass is 607 g/mol. The summed E-state index contributed by atoms with van der Waals surface area (Å²) in [7, 11) is -3.53. The van der Waals surface area contributed by atoms with Gasteiger partial charge in [0.25, 0.3) is 5.84 Å². The van der Waals surface area contributed by atoms with Crippen LogP contribution in [0.2, 0.25) is 0 Å². The van der Waals surface area contributed by atoms with Crippen molar-refractivity contribution in [3.63, 3.8) is 0 Å². The molecule has 0 saturated heterocycles. The smallest absolute Gasteiger partial charge is 0.407 e. The number of ether oxygens (including phenoxy) is 2. The van der Waals surface area contributed by atoms with Gasteiger partial charge in [-0.25, -0.2) is 22.9 Å². The minimum atomic E-state index is -3.53. The third-order valence-electron chi connectivity index (χ3n) is 6.46. The number of nitrogens with one attached hydrogen (secondary N) is 2. The number of pyridine rings is 1. The standard InChI is InChI=1S/C29H46N6O6S/c1-8-39-19-23-32-24-25(21-15-11-12-16-22(21)31-26(24)30)35(23,20-29(5,6)34-42(7,37)38)41-18-14-10-9-13-17-40-27(36)33-28(2,3)4/h11-12,15-16,34H,8-10,13-14,17-20H2,1-7H3,(H2-,30,31,33,36)/p+1. The van der Waals surface area contributed by atoms with E-state index in [1.807, 2.05) is 65.8 Å². The summed E-state index contributed by atoms with van der Waals surface area (Å²) in [6, 6.07) is 7.63. The first-order valence-corrected chi connectivity index (χ1v) is 16.3. The summed E-state index contributed by atoms with van der Waals surface area (Å²) in [6.45, 7) is 12.8. The molecule has 1 aromatic carbocycles. The van der Waals surface area contributed by atoms with Gasteiger partial charge in [0, 0.05) is 12.1 Å². The minimum Gasteiger partial charge on any atom is -0.450 e. The van der Waals surface area contributed by atoms with Gasteiger partial charge in [-0.1, -0.05) is 23.2 Å². The Bertz CT molecular complexity index is 1390. The van der Waals surface area contributed by atoms with E-state index in [1.54, 1.807) is 0 Å². The normalized spacial score (nSPS) is 17.3. The predicted molar refractivity (Wildman–Crippen MR) is 167 cm³/mol. The molecule has 0 bridgehead atoms. The molecular weight excluding hydrogens is 560 g/mol. The third kappa shape index (κ3) is 9.08. The highest BCUT2D eigenvalue weighted by Gasteiger charge is 2.52. The molecule has 1 aliphatic rings. The van der Waals surface area contributed by atoms with E-state index in [0.717, 1.165) is 43.0 Å². The van der Waals surface area contributed by atoms with Gasteiger partial charge in [-0.05, 0) is 72.9 Å². The second-order valence-corrected chi connectivity index (χ2v) is 14.0. The average Bonchev–Trinajstić information content (AvgIpc) is 3.15. The number of hydrogen-bond acceptors (Lipinski definition) is 9. The number of nitrogens with zero attached hydrogens (tertiary/aromatic N) is 3. The Morgan fingerprint density at radius 3 is 2.36 bits per heavy atom. The van der Waals surface area contributed by atoms with Gasteiger partial charge < -0.3 is 20.5 Å². The number of hydrogen-bond donors (Lipinski definition) is 3. The number of rotatable bonds is 15. The molecule has 1 amide bonds. The van der Waals surface area contributed by atoms with Crippen LogP contribution in [0, 0.1) is 0 Å². The number of amidine groups is 1. The number of carbonyl (C=O) groups is 1. The Balaban J connectivity index is 1.84. The van der Waals surface area contributed by atoms with Crippen LogP contribution in [0.4, 0.5) is 22.0 Å². The first-order chi connectivity index (χ1) is 19.6. The Morgan fingerprint density at radius 2 is 1.71 bits per heavy atom. The molecule has 0 aliphatic carbocycles. The molecule has 234 valence electrons. The van der Waals surface area contributed by atoms with E-state index < -0.39 is 21.7 Å². The number of para-hydroxylation sites is 1. The lowest BCUT2D eigenvalue weighted by atomic mass is 10.0. The van der Waals surface area contributed by atoms with E-state index in [2.05, 4.69) is 15.0 Å². The number of benzene rings is 1. The number of anilines is 1. The van der Waals surface area contributed by atoms with E-state index in [1.165, 1.54) is 0 Å². The number of quaternary nitrogens is 1. The van der Waals surface area contributed by atoms with Gasteiger partial charge in [0.1, 0.15) is 19.8 Å². The molecule has 0 saturated carbocycles. The molecule has 3 rings (SSSR count). The molecule has 12 nitrogen and oxygen atoms in total. The van der Waals surface area contributed by atoms with Gasteiger partial charge in [0.15, 0.2) is 11.5 Å². The zero-order valence-corrected chi connectivity index (χ0v) is 26.8. The Hall–Kier alpha value is -2.84. The van der Waals surface area contributed by atoms with Gasteiger partial charge in [-0.2, -0.15) is 9.83 Å². The zero-order valence-electron chi connectivity index (χ0n) is 26.0. The lowest BCUT2D eigenvalue weighted by Crippen LogP contribution is -2.63. The molecule has 1 atom stereocenters. The van der Waals surface area contributed by atoms with Crippen LogP contribution >= 0.6 is 0 Å². The van der Waals surface area contributed by atoms with Crippen molar-refractivity contribution in [1.29, 1.82) is 0 Å². The van der Waals surface area contributed by atoms with Gasteiger partial charge in [-0.3, -0.25) is 0 Å². The van der Waals surface area contributed by atoms with Crippen molar-refractivity contribution in [2.45, 2.75) is 78.3 Å². The summed E-state index contributed by atoms with van der Waals surface area (Å²) in [5.41, 5.74) is 7.06. The van der Waals surface area contributed by atoms with E-state index in [9.17, 15) is 13.2 Å².